The number of aryl methyl sites for hydroxylation is 1. The van der Waals surface area contributed by atoms with Crippen LogP contribution in [0.1, 0.15) is 12.0 Å². The molecule has 2 heterocycles. The van der Waals surface area contributed by atoms with Gasteiger partial charge in [-0.1, -0.05) is 0 Å². The van der Waals surface area contributed by atoms with Gasteiger partial charge in [0.1, 0.15) is 13.2 Å². The van der Waals surface area contributed by atoms with Crippen molar-refractivity contribution in [3.05, 3.63) is 17.7 Å². The molecule has 0 radical (unpaired) electrons. The molecule has 1 fully saturated rings. The van der Waals surface area contributed by atoms with Crippen LogP contribution in [0, 0.1) is 12.8 Å². The van der Waals surface area contributed by atoms with Gasteiger partial charge in [-0.3, -0.25) is 9.59 Å². The molecular formula is C14H15NO5. The van der Waals surface area contributed by atoms with E-state index in [2.05, 4.69) is 0 Å². The van der Waals surface area contributed by atoms with Crippen molar-refractivity contribution in [3.8, 4) is 11.5 Å². The van der Waals surface area contributed by atoms with Crippen molar-refractivity contribution in [2.75, 3.05) is 24.7 Å². The van der Waals surface area contributed by atoms with Crippen molar-refractivity contribution in [1.82, 2.24) is 0 Å². The number of hydrogen-bond acceptors (Lipinski definition) is 4. The number of carbonyl (C=O) groups excluding carboxylic acids is 1. The topological polar surface area (TPSA) is 76.1 Å². The van der Waals surface area contributed by atoms with Gasteiger partial charge in [-0.25, -0.2) is 0 Å². The molecule has 1 aromatic rings. The molecule has 20 heavy (non-hydrogen) atoms. The predicted octanol–water partition coefficient (Wildman–Crippen LogP) is 1.20. The van der Waals surface area contributed by atoms with Gasteiger partial charge in [0.25, 0.3) is 0 Å². The number of amides is 1. The van der Waals surface area contributed by atoms with Crippen molar-refractivity contribution in [3.63, 3.8) is 0 Å². The Bertz CT molecular complexity index is 583. The van der Waals surface area contributed by atoms with E-state index in [1.54, 1.807) is 6.07 Å². The van der Waals surface area contributed by atoms with Crippen LogP contribution in [0.5, 0.6) is 11.5 Å². The average molecular weight is 277 g/mol. The van der Waals surface area contributed by atoms with E-state index in [1.165, 1.54) is 4.90 Å². The molecule has 106 valence electrons. The van der Waals surface area contributed by atoms with Gasteiger partial charge >= 0.3 is 5.97 Å². The summed E-state index contributed by atoms with van der Waals surface area (Å²) in [7, 11) is 0. The summed E-state index contributed by atoms with van der Waals surface area (Å²) in [4.78, 5) is 24.5. The van der Waals surface area contributed by atoms with E-state index in [1.807, 2.05) is 13.0 Å². The molecular weight excluding hydrogens is 262 g/mol. The Morgan fingerprint density at radius 3 is 2.55 bits per heavy atom. The maximum Gasteiger partial charge on any atom is 0.308 e. The third-order valence-corrected chi connectivity index (χ3v) is 3.63. The van der Waals surface area contributed by atoms with E-state index in [9.17, 15) is 9.59 Å². The monoisotopic (exact) mass is 277 g/mol. The Hall–Kier alpha value is -2.24. The number of ether oxygens (including phenoxy) is 2. The number of benzene rings is 1. The van der Waals surface area contributed by atoms with Crippen molar-refractivity contribution in [2.45, 2.75) is 13.3 Å². The number of nitrogens with zero attached hydrogens (tertiary/aromatic N) is 1. The zero-order valence-electron chi connectivity index (χ0n) is 11.1. The zero-order chi connectivity index (χ0) is 14.3. The molecule has 0 aromatic heterocycles. The Kier molecular flexibility index (Phi) is 3.00. The van der Waals surface area contributed by atoms with Crippen LogP contribution in [-0.2, 0) is 9.59 Å². The summed E-state index contributed by atoms with van der Waals surface area (Å²) in [6, 6.07) is 3.58. The molecule has 0 spiro atoms. The highest BCUT2D eigenvalue weighted by atomic mass is 16.6. The Balaban J connectivity index is 1.94. The number of carboxylic acids is 1. The van der Waals surface area contributed by atoms with E-state index >= 15 is 0 Å². The lowest BCUT2D eigenvalue weighted by Gasteiger charge is -2.24. The fourth-order valence-corrected chi connectivity index (χ4v) is 2.58. The van der Waals surface area contributed by atoms with E-state index in [0.29, 0.717) is 30.4 Å². The molecule has 6 heteroatoms. The number of hydrogen-bond donors (Lipinski definition) is 1. The summed E-state index contributed by atoms with van der Waals surface area (Å²) in [5, 5.41) is 9.03. The van der Waals surface area contributed by atoms with Gasteiger partial charge in [0, 0.05) is 19.0 Å². The second kappa shape index (κ2) is 4.70. The van der Waals surface area contributed by atoms with Gasteiger partial charge in [0.05, 0.1) is 11.6 Å². The number of anilines is 1. The third-order valence-electron chi connectivity index (χ3n) is 3.63. The summed E-state index contributed by atoms with van der Waals surface area (Å²) in [5.74, 6) is -0.481. The molecule has 0 saturated carbocycles. The van der Waals surface area contributed by atoms with Crippen LogP contribution >= 0.6 is 0 Å². The standard InChI is InChI=1S/C14H15NO5/c1-8-4-11-12(20-3-2-19-11)6-10(8)15-7-9(14(17)18)5-13(15)16/h4,6,9H,2-3,5,7H2,1H3,(H,17,18). The van der Waals surface area contributed by atoms with E-state index < -0.39 is 11.9 Å². The highest BCUT2D eigenvalue weighted by Gasteiger charge is 2.36. The molecule has 1 unspecified atom stereocenters. The summed E-state index contributed by atoms with van der Waals surface area (Å²) in [6.07, 6.45) is 0.0449. The molecule has 1 atom stereocenters. The third kappa shape index (κ3) is 2.07. The molecule has 2 aliphatic heterocycles. The van der Waals surface area contributed by atoms with Crippen LogP contribution in [0.15, 0.2) is 12.1 Å². The van der Waals surface area contributed by atoms with Gasteiger partial charge in [-0.15, -0.1) is 0 Å². The summed E-state index contributed by atoms with van der Waals surface area (Å²) >= 11 is 0. The van der Waals surface area contributed by atoms with Crippen LogP contribution < -0.4 is 14.4 Å². The summed E-state index contributed by atoms with van der Waals surface area (Å²) < 4.78 is 11.0. The fourth-order valence-electron chi connectivity index (χ4n) is 2.58. The molecule has 6 nitrogen and oxygen atoms in total. The first kappa shape index (κ1) is 12.8. The molecule has 3 rings (SSSR count). The number of aliphatic carboxylic acids is 1. The van der Waals surface area contributed by atoms with Crippen molar-refractivity contribution in [1.29, 1.82) is 0 Å². The SMILES string of the molecule is Cc1cc2c(cc1N1CC(C(=O)O)CC1=O)OCCO2. The maximum atomic E-state index is 12.0. The number of carboxylic acid groups (broad SMARTS) is 1. The normalized spacial score (nSPS) is 21.1. The lowest BCUT2D eigenvalue weighted by molar-refractivity contribution is -0.141. The highest BCUT2D eigenvalue weighted by Crippen LogP contribution is 2.38. The van der Waals surface area contributed by atoms with Crippen LogP contribution in [0.4, 0.5) is 5.69 Å². The van der Waals surface area contributed by atoms with E-state index in [4.69, 9.17) is 14.6 Å². The minimum atomic E-state index is -0.934. The minimum absolute atomic E-state index is 0.0449. The van der Waals surface area contributed by atoms with Gasteiger partial charge in [-0.05, 0) is 18.6 Å². The maximum absolute atomic E-state index is 12.0. The lowest BCUT2D eigenvalue weighted by Crippen LogP contribution is -2.27. The predicted molar refractivity (Wildman–Crippen MR) is 70.3 cm³/mol. The highest BCUT2D eigenvalue weighted by molar-refractivity contribution is 6.00. The molecule has 0 bridgehead atoms. The van der Waals surface area contributed by atoms with Crippen LogP contribution in [-0.4, -0.2) is 36.7 Å². The quantitative estimate of drug-likeness (QED) is 0.879. The second-order valence-corrected chi connectivity index (χ2v) is 5.03. The second-order valence-electron chi connectivity index (χ2n) is 5.03. The fraction of sp³-hybridized carbons (Fsp3) is 0.429. The first-order valence-corrected chi connectivity index (χ1v) is 6.49. The summed E-state index contributed by atoms with van der Waals surface area (Å²) in [6.45, 7) is 3.06. The molecule has 1 aromatic carbocycles. The van der Waals surface area contributed by atoms with Crippen LogP contribution in [0.2, 0.25) is 0 Å². The van der Waals surface area contributed by atoms with Gasteiger partial charge in [-0.2, -0.15) is 0 Å². The number of rotatable bonds is 2. The Morgan fingerprint density at radius 1 is 1.30 bits per heavy atom. The molecule has 1 saturated heterocycles. The average Bonchev–Trinajstić information content (AvgIpc) is 2.80. The zero-order valence-corrected chi connectivity index (χ0v) is 11.1. The molecule has 1 N–H and O–H groups in total. The van der Waals surface area contributed by atoms with Crippen LogP contribution in [0.25, 0.3) is 0 Å². The molecule has 0 aliphatic carbocycles. The van der Waals surface area contributed by atoms with Gasteiger partial charge in [0.2, 0.25) is 5.91 Å². The first-order chi connectivity index (χ1) is 9.56. The van der Waals surface area contributed by atoms with E-state index in [-0.39, 0.29) is 18.9 Å². The minimum Gasteiger partial charge on any atom is -0.486 e. The Labute approximate surface area is 115 Å². The van der Waals surface area contributed by atoms with Gasteiger partial charge in [0.15, 0.2) is 11.5 Å². The largest absolute Gasteiger partial charge is 0.486 e. The van der Waals surface area contributed by atoms with E-state index in [0.717, 1.165) is 5.56 Å². The lowest BCUT2D eigenvalue weighted by atomic mass is 10.1. The van der Waals surface area contributed by atoms with Crippen LogP contribution in [0.3, 0.4) is 0 Å². The number of fused-ring (bicyclic) bond motifs is 1. The number of carbonyl (C=O) groups is 2. The molecule has 1 amide bonds. The Morgan fingerprint density at radius 2 is 1.95 bits per heavy atom. The smallest absolute Gasteiger partial charge is 0.308 e. The summed E-state index contributed by atoms with van der Waals surface area (Å²) in [5.41, 5.74) is 1.57. The van der Waals surface area contributed by atoms with Crippen molar-refractivity contribution < 1.29 is 24.2 Å². The van der Waals surface area contributed by atoms with Gasteiger partial charge < -0.3 is 19.5 Å². The molecule has 2 aliphatic rings. The first-order valence-electron chi connectivity index (χ1n) is 6.49. The van der Waals surface area contributed by atoms with Crippen molar-refractivity contribution in [2.24, 2.45) is 5.92 Å². The van der Waals surface area contributed by atoms with Crippen molar-refractivity contribution >= 4 is 17.6 Å².